The Balaban J connectivity index is 0.00000288. The Labute approximate surface area is 155 Å². The molecule has 0 atom stereocenters. The smallest absolute Gasteiger partial charge is 0.253 e. The molecule has 0 fully saturated rings. The van der Waals surface area contributed by atoms with Gasteiger partial charge in [-0.25, -0.2) is 0 Å². The highest BCUT2D eigenvalue weighted by Crippen LogP contribution is 2.12. The molecule has 0 unspecified atom stereocenters. The largest absolute Gasteiger partial charge is 0.337 e. The predicted molar refractivity (Wildman–Crippen MR) is 106 cm³/mol. The zero-order valence-electron chi connectivity index (χ0n) is 14.0. The topological polar surface area (TPSA) is 46.3 Å². The molecule has 5 heteroatoms. The molecule has 1 amide bonds. The van der Waals surface area contributed by atoms with E-state index >= 15 is 0 Å². The molecule has 0 saturated heterocycles. The summed E-state index contributed by atoms with van der Waals surface area (Å²) in [4.78, 5) is 14.5. The van der Waals surface area contributed by atoms with Gasteiger partial charge in [-0.2, -0.15) is 11.8 Å². The van der Waals surface area contributed by atoms with Gasteiger partial charge in [-0.3, -0.25) is 4.79 Å². The van der Waals surface area contributed by atoms with Gasteiger partial charge in [0.2, 0.25) is 0 Å². The molecule has 2 aromatic carbocycles. The molecule has 130 valence electrons. The van der Waals surface area contributed by atoms with Gasteiger partial charge in [-0.1, -0.05) is 42.5 Å². The number of hydrogen-bond acceptors (Lipinski definition) is 3. The predicted octanol–water partition coefficient (Wildman–Crippen LogP) is 3.62. The molecule has 0 spiro atoms. The Bertz CT molecular complexity index is 605. The van der Waals surface area contributed by atoms with E-state index in [-0.39, 0.29) is 18.3 Å². The second kappa shape index (κ2) is 11.1. The number of hydrogen-bond donors (Lipinski definition) is 1. The van der Waals surface area contributed by atoms with Crippen molar-refractivity contribution in [2.75, 3.05) is 25.9 Å². The van der Waals surface area contributed by atoms with Crippen molar-refractivity contribution in [3.63, 3.8) is 0 Å². The lowest BCUT2D eigenvalue weighted by atomic mass is 10.1. The summed E-state index contributed by atoms with van der Waals surface area (Å²) in [6.07, 6.45) is 2.92. The van der Waals surface area contributed by atoms with Crippen LogP contribution in [0, 0.1) is 0 Å². The number of carbonyl (C=O) groups excluding carboxylic acids is 1. The third kappa shape index (κ3) is 6.19. The van der Waals surface area contributed by atoms with Crippen molar-refractivity contribution in [3.05, 3.63) is 71.3 Å². The first-order valence-electron chi connectivity index (χ1n) is 7.85. The van der Waals surface area contributed by atoms with Crippen molar-refractivity contribution in [1.82, 2.24) is 4.90 Å². The minimum atomic E-state index is 0. The van der Waals surface area contributed by atoms with Gasteiger partial charge in [-0.05, 0) is 35.9 Å². The zero-order chi connectivity index (χ0) is 16.5. The van der Waals surface area contributed by atoms with Crippen LogP contribution in [0.5, 0.6) is 0 Å². The summed E-state index contributed by atoms with van der Waals surface area (Å²) in [5.41, 5.74) is 8.89. The van der Waals surface area contributed by atoms with Crippen LogP contribution >= 0.6 is 24.2 Å². The van der Waals surface area contributed by atoms with Crippen LogP contribution in [0.2, 0.25) is 0 Å². The monoisotopic (exact) mass is 364 g/mol. The van der Waals surface area contributed by atoms with Crippen LogP contribution in [-0.2, 0) is 12.2 Å². The van der Waals surface area contributed by atoms with Gasteiger partial charge >= 0.3 is 0 Å². The maximum absolute atomic E-state index is 12.7. The van der Waals surface area contributed by atoms with Crippen LogP contribution in [0.25, 0.3) is 0 Å². The van der Waals surface area contributed by atoms with Crippen LogP contribution in [0.4, 0.5) is 0 Å². The van der Waals surface area contributed by atoms with E-state index in [1.54, 1.807) is 11.8 Å². The first-order chi connectivity index (χ1) is 11.2. The molecule has 0 saturated carbocycles. The number of rotatable bonds is 8. The molecule has 0 aromatic heterocycles. The Morgan fingerprint density at radius 1 is 1.00 bits per heavy atom. The summed E-state index contributed by atoms with van der Waals surface area (Å²) in [5, 5.41) is 0. The minimum absolute atomic E-state index is 0. The Hall–Kier alpha value is -1.49. The maximum atomic E-state index is 12.7. The fourth-order valence-corrected chi connectivity index (χ4v) is 3.00. The average Bonchev–Trinajstić information content (AvgIpc) is 2.60. The standard InChI is InChI=1S/C19H24N2OS.ClH/c1-23-15-17-7-9-18(10-8-17)19(22)21(14-12-20)13-11-16-5-3-2-4-6-16;/h2-10H,11-15,20H2,1H3;1H. The van der Waals surface area contributed by atoms with E-state index in [0.717, 1.165) is 17.7 Å². The molecule has 0 aliphatic rings. The maximum Gasteiger partial charge on any atom is 0.253 e. The van der Waals surface area contributed by atoms with E-state index in [2.05, 4.69) is 18.4 Å². The average molecular weight is 365 g/mol. The number of carbonyl (C=O) groups is 1. The van der Waals surface area contributed by atoms with Gasteiger partial charge in [-0.15, -0.1) is 12.4 Å². The number of amides is 1. The molecule has 0 radical (unpaired) electrons. The van der Waals surface area contributed by atoms with Crippen LogP contribution in [0.1, 0.15) is 21.5 Å². The van der Waals surface area contributed by atoms with Crippen LogP contribution in [0.3, 0.4) is 0 Å². The van der Waals surface area contributed by atoms with Crippen LogP contribution < -0.4 is 5.73 Å². The Morgan fingerprint density at radius 2 is 1.67 bits per heavy atom. The molecule has 0 heterocycles. The summed E-state index contributed by atoms with van der Waals surface area (Å²) in [6.45, 7) is 1.75. The normalized spacial score (nSPS) is 10.1. The first-order valence-corrected chi connectivity index (χ1v) is 9.25. The van der Waals surface area contributed by atoms with Gasteiger partial charge < -0.3 is 10.6 Å². The third-order valence-electron chi connectivity index (χ3n) is 3.71. The lowest BCUT2D eigenvalue weighted by molar-refractivity contribution is 0.0762. The molecule has 2 aromatic rings. The molecule has 0 aliphatic heterocycles. The molecule has 0 bridgehead atoms. The number of benzene rings is 2. The van der Waals surface area contributed by atoms with Crippen molar-refractivity contribution in [3.8, 4) is 0 Å². The second-order valence-corrected chi connectivity index (χ2v) is 6.31. The first kappa shape index (κ1) is 20.6. The Morgan fingerprint density at radius 3 is 2.25 bits per heavy atom. The molecule has 2 N–H and O–H groups in total. The van der Waals surface area contributed by atoms with E-state index < -0.39 is 0 Å². The van der Waals surface area contributed by atoms with Gasteiger partial charge in [0.25, 0.3) is 5.91 Å². The van der Waals surface area contributed by atoms with Gasteiger partial charge in [0.1, 0.15) is 0 Å². The molecule has 3 nitrogen and oxygen atoms in total. The number of halogens is 1. The van der Waals surface area contributed by atoms with Crippen molar-refractivity contribution in [2.24, 2.45) is 5.73 Å². The second-order valence-electron chi connectivity index (χ2n) is 5.45. The highest BCUT2D eigenvalue weighted by atomic mass is 35.5. The van der Waals surface area contributed by atoms with Gasteiger partial charge in [0.15, 0.2) is 0 Å². The van der Waals surface area contributed by atoms with E-state index in [9.17, 15) is 4.79 Å². The quantitative estimate of drug-likeness (QED) is 0.778. The molecule has 24 heavy (non-hydrogen) atoms. The number of nitrogens with zero attached hydrogens (tertiary/aromatic N) is 1. The molecule has 0 aliphatic carbocycles. The lowest BCUT2D eigenvalue weighted by Crippen LogP contribution is -2.36. The Kier molecular flexibility index (Phi) is 9.53. The van der Waals surface area contributed by atoms with Crippen molar-refractivity contribution in [2.45, 2.75) is 12.2 Å². The summed E-state index contributed by atoms with van der Waals surface area (Å²) >= 11 is 1.78. The van der Waals surface area contributed by atoms with Crippen molar-refractivity contribution in [1.29, 1.82) is 0 Å². The summed E-state index contributed by atoms with van der Waals surface area (Å²) in [6, 6.07) is 18.1. The van der Waals surface area contributed by atoms with E-state index in [0.29, 0.717) is 19.6 Å². The number of nitrogens with two attached hydrogens (primary N) is 1. The van der Waals surface area contributed by atoms with E-state index in [4.69, 9.17) is 5.73 Å². The van der Waals surface area contributed by atoms with Gasteiger partial charge in [0, 0.05) is 31.0 Å². The summed E-state index contributed by atoms with van der Waals surface area (Å²) < 4.78 is 0. The highest BCUT2D eigenvalue weighted by Gasteiger charge is 2.14. The minimum Gasteiger partial charge on any atom is -0.337 e. The highest BCUT2D eigenvalue weighted by molar-refractivity contribution is 7.97. The summed E-state index contributed by atoms with van der Waals surface area (Å²) in [5.74, 6) is 1.02. The SMILES string of the molecule is CSCc1ccc(C(=O)N(CCN)CCc2ccccc2)cc1.Cl. The third-order valence-corrected chi connectivity index (χ3v) is 4.33. The van der Waals surface area contributed by atoms with Gasteiger partial charge in [0.05, 0.1) is 0 Å². The van der Waals surface area contributed by atoms with Crippen LogP contribution in [-0.4, -0.2) is 36.7 Å². The molecule has 2 rings (SSSR count). The van der Waals surface area contributed by atoms with E-state index in [1.165, 1.54) is 11.1 Å². The fraction of sp³-hybridized carbons (Fsp3) is 0.316. The fourth-order valence-electron chi connectivity index (χ4n) is 2.47. The molecular formula is C19H25ClN2OS. The van der Waals surface area contributed by atoms with Crippen molar-refractivity contribution < 1.29 is 4.79 Å². The van der Waals surface area contributed by atoms with Crippen molar-refractivity contribution >= 4 is 30.1 Å². The van der Waals surface area contributed by atoms with Crippen LogP contribution in [0.15, 0.2) is 54.6 Å². The lowest BCUT2D eigenvalue weighted by Gasteiger charge is -2.22. The number of thioether (sulfide) groups is 1. The molecular weight excluding hydrogens is 340 g/mol. The van der Waals surface area contributed by atoms with E-state index in [1.807, 2.05) is 47.4 Å². The zero-order valence-corrected chi connectivity index (χ0v) is 15.6. The summed E-state index contributed by atoms with van der Waals surface area (Å²) in [7, 11) is 0.